The van der Waals surface area contributed by atoms with Crippen LogP contribution in [0.25, 0.3) is 0 Å². The highest BCUT2D eigenvalue weighted by molar-refractivity contribution is 6.30. The van der Waals surface area contributed by atoms with Crippen LogP contribution in [0.15, 0.2) is 78.9 Å². The molecule has 3 aromatic carbocycles. The molecule has 3 aromatic rings. The lowest BCUT2D eigenvalue weighted by atomic mass is 9.90. The highest BCUT2D eigenvalue weighted by Gasteiger charge is 2.35. The normalized spacial score (nSPS) is 17.6. The quantitative estimate of drug-likeness (QED) is 0.439. The summed E-state index contributed by atoms with van der Waals surface area (Å²) < 4.78 is 19.9. The molecule has 0 unspecified atom stereocenters. The summed E-state index contributed by atoms with van der Waals surface area (Å²) in [4.78, 5) is 29.6. The fourth-order valence-corrected chi connectivity index (χ4v) is 4.49. The van der Waals surface area contributed by atoms with Crippen LogP contribution in [0.2, 0.25) is 5.02 Å². The van der Waals surface area contributed by atoms with Gasteiger partial charge in [-0.3, -0.25) is 9.59 Å². The molecule has 35 heavy (non-hydrogen) atoms. The summed E-state index contributed by atoms with van der Waals surface area (Å²) >= 11 is 6.00. The van der Waals surface area contributed by atoms with Crippen LogP contribution in [0, 0.1) is 11.7 Å². The Hall–Kier alpha value is -3.38. The molecule has 4 rings (SSSR count). The number of piperidine rings is 1. The number of amides is 2. The van der Waals surface area contributed by atoms with Crippen LogP contribution in [0.3, 0.4) is 0 Å². The van der Waals surface area contributed by atoms with Crippen LogP contribution < -0.4 is 4.74 Å². The van der Waals surface area contributed by atoms with Crippen molar-refractivity contribution in [3.63, 3.8) is 0 Å². The number of ether oxygens (including phenoxy) is 1. The van der Waals surface area contributed by atoms with Gasteiger partial charge in [0.1, 0.15) is 17.7 Å². The number of rotatable bonds is 7. The van der Waals surface area contributed by atoms with Crippen LogP contribution in [-0.2, 0) is 11.3 Å². The van der Waals surface area contributed by atoms with Gasteiger partial charge >= 0.3 is 0 Å². The highest BCUT2D eigenvalue weighted by Crippen LogP contribution is 2.28. The minimum absolute atomic E-state index is 0.0244. The third-order valence-electron chi connectivity index (χ3n) is 6.25. The predicted octanol–water partition coefficient (Wildman–Crippen LogP) is 5.44. The Balaban J connectivity index is 1.49. The summed E-state index contributed by atoms with van der Waals surface area (Å²) in [5.74, 6) is -0.277. The molecule has 1 heterocycles. The van der Waals surface area contributed by atoms with Crippen molar-refractivity contribution in [3.8, 4) is 5.75 Å². The van der Waals surface area contributed by atoms with E-state index in [1.807, 2.05) is 30.3 Å². The lowest BCUT2D eigenvalue weighted by Gasteiger charge is -2.39. The van der Waals surface area contributed by atoms with Crippen molar-refractivity contribution < 1.29 is 18.7 Å². The lowest BCUT2D eigenvalue weighted by Crippen LogP contribution is -2.49. The van der Waals surface area contributed by atoms with E-state index in [4.69, 9.17) is 16.3 Å². The van der Waals surface area contributed by atoms with Crippen LogP contribution in [-0.4, -0.2) is 47.9 Å². The number of carbonyl (C=O) groups is 2. The number of nitrogens with zero attached hydrogens (tertiary/aromatic N) is 2. The van der Waals surface area contributed by atoms with Gasteiger partial charge in [0, 0.05) is 56.0 Å². The maximum Gasteiger partial charge on any atom is 0.253 e. The lowest BCUT2D eigenvalue weighted by molar-refractivity contribution is -0.132. The fourth-order valence-electron chi connectivity index (χ4n) is 4.36. The van der Waals surface area contributed by atoms with Gasteiger partial charge in [0.2, 0.25) is 5.91 Å². The summed E-state index contributed by atoms with van der Waals surface area (Å²) in [7, 11) is 1.78. The molecule has 0 bridgehead atoms. The van der Waals surface area contributed by atoms with E-state index in [-0.39, 0.29) is 30.3 Å². The van der Waals surface area contributed by atoms with Gasteiger partial charge in [-0.05, 0) is 48.0 Å². The molecule has 0 spiro atoms. The van der Waals surface area contributed by atoms with Crippen LogP contribution in [0.4, 0.5) is 4.39 Å². The molecule has 2 amide bonds. The third-order valence-corrected chi connectivity index (χ3v) is 6.50. The van der Waals surface area contributed by atoms with Crippen LogP contribution >= 0.6 is 11.6 Å². The first-order valence-corrected chi connectivity index (χ1v) is 12.0. The summed E-state index contributed by atoms with van der Waals surface area (Å²) in [5, 5.41) is 0.613. The molecule has 7 heteroatoms. The number of halogens is 2. The van der Waals surface area contributed by atoms with Gasteiger partial charge in [0.25, 0.3) is 5.91 Å². The minimum Gasteiger partial charge on any atom is -0.490 e. The van der Waals surface area contributed by atoms with Crippen LogP contribution in [0.1, 0.15) is 28.8 Å². The molecule has 0 saturated carbocycles. The van der Waals surface area contributed by atoms with Gasteiger partial charge < -0.3 is 14.5 Å². The molecular formula is C28H28ClFN2O3. The number of hydrogen-bond donors (Lipinski definition) is 0. The Morgan fingerprint density at radius 2 is 1.80 bits per heavy atom. The van der Waals surface area contributed by atoms with Gasteiger partial charge in [-0.25, -0.2) is 4.39 Å². The van der Waals surface area contributed by atoms with E-state index in [1.54, 1.807) is 47.2 Å². The van der Waals surface area contributed by atoms with E-state index in [9.17, 15) is 14.0 Å². The number of benzene rings is 3. The standard InChI is InChI=1S/C28H28ClFN2O3/c1-31(18-20-6-3-2-4-7-20)27(33)17-22-19-32(28(34)21-8-5-9-24(30)16-21)15-14-26(22)35-25-12-10-23(29)11-13-25/h2-13,16,22,26H,14-15,17-19H2,1H3/t22-,26-/m0/s1. The van der Waals surface area contributed by atoms with Gasteiger partial charge in [-0.1, -0.05) is 48.0 Å². The first kappa shape index (κ1) is 24.7. The van der Waals surface area contributed by atoms with E-state index in [0.717, 1.165) is 5.56 Å². The second kappa shape index (κ2) is 11.4. The van der Waals surface area contributed by atoms with Gasteiger partial charge in [0.15, 0.2) is 0 Å². The van der Waals surface area contributed by atoms with E-state index in [0.29, 0.717) is 42.4 Å². The van der Waals surface area contributed by atoms with E-state index < -0.39 is 5.82 Å². The molecule has 1 aliphatic heterocycles. The molecule has 0 aromatic heterocycles. The van der Waals surface area contributed by atoms with Crippen molar-refractivity contribution in [3.05, 3.63) is 101 Å². The Labute approximate surface area is 210 Å². The van der Waals surface area contributed by atoms with Gasteiger partial charge in [-0.15, -0.1) is 0 Å². The second-order valence-electron chi connectivity index (χ2n) is 8.86. The molecular weight excluding hydrogens is 467 g/mol. The smallest absolute Gasteiger partial charge is 0.253 e. The molecule has 2 atom stereocenters. The number of likely N-dealkylation sites (tertiary alicyclic amines) is 1. The monoisotopic (exact) mass is 494 g/mol. The molecule has 0 radical (unpaired) electrons. The molecule has 5 nitrogen and oxygen atoms in total. The number of carbonyl (C=O) groups excluding carboxylic acids is 2. The molecule has 1 saturated heterocycles. The zero-order valence-electron chi connectivity index (χ0n) is 19.6. The minimum atomic E-state index is -0.453. The van der Waals surface area contributed by atoms with Crippen molar-refractivity contribution in [2.45, 2.75) is 25.5 Å². The van der Waals surface area contributed by atoms with Crippen molar-refractivity contribution in [2.24, 2.45) is 5.92 Å². The van der Waals surface area contributed by atoms with Crippen molar-refractivity contribution in [1.29, 1.82) is 0 Å². The average Bonchev–Trinajstić information content (AvgIpc) is 2.86. The Kier molecular flexibility index (Phi) is 8.03. The zero-order chi connectivity index (χ0) is 24.8. The van der Waals surface area contributed by atoms with E-state index in [2.05, 4.69) is 0 Å². The summed E-state index contributed by atoms with van der Waals surface area (Å²) in [6.45, 7) is 1.30. The largest absolute Gasteiger partial charge is 0.490 e. The Morgan fingerprint density at radius 3 is 2.51 bits per heavy atom. The highest BCUT2D eigenvalue weighted by atomic mass is 35.5. The Morgan fingerprint density at radius 1 is 1.06 bits per heavy atom. The van der Waals surface area contributed by atoms with E-state index in [1.165, 1.54) is 18.2 Å². The maximum atomic E-state index is 13.7. The van der Waals surface area contributed by atoms with Gasteiger partial charge in [0.05, 0.1) is 0 Å². The topological polar surface area (TPSA) is 49.9 Å². The van der Waals surface area contributed by atoms with Crippen LogP contribution in [0.5, 0.6) is 5.75 Å². The molecule has 182 valence electrons. The number of hydrogen-bond acceptors (Lipinski definition) is 3. The third kappa shape index (κ3) is 6.61. The molecule has 1 aliphatic rings. The SMILES string of the molecule is CN(Cc1ccccc1)C(=O)C[C@H]1CN(C(=O)c2cccc(F)c2)CC[C@@H]1Oc1ccc(Cl)cc1. The van der Waals surface area contributed by atoms with Crippen molar-refractivity contribution in [1.82, 2.24) is 9.80 Å². The second-order valence-corrected chi connectivity index (χ2v) is 9.30. The summed E-state index contributed by atoms with van der Waals surface area (Å²) in [6, 6.07) is 22.6. The first-order chi connectivity index (χ1) is 16.9. The summed E-state index contributed by atoms with van der Waals surface area (Å²) in [5.41, 5.74) is 1.34. The zero-order valence-corrected chi connectivity index (χ0v) is 20.3. The molecule has 0 N–H and O–H groups in total. The van der Waals surface area contributed by atoms with E-state index >= 15 is 0 Å². The molecule has 1 fully saturated rings. The maximum absolute atomic E-state index is 13.7. The fraction of sp³-hybridized carbons (Fsp3) is 0.286. The average molecular weight is 495 g/mol. The van der Waals surface area contributed by atoms with Crippen molar-refractivity contribution in [2.75, 3.05) is 20.1 Å². The summed E-state index contributed by atoms with van der Waals surface area (Å²) in [6.07, 6.45) is 0.542. The van der Waals surface area contributed by atoms with Gasteiger partial charge in [-0.2, -0.15) is 0 Å². The first-order valence-electron chi connectivity index (χ1n) is 11.6. The molecule has 0 aliphatic carbocycles. The predicted molar refractivity (Wildman–Crippen MR) is 134 cm³/mol. The Bertz CT molecular complexity index is 1160. The van der Waals surface area contributed by atoms with Crippen molar-refractivity contribution >= 4 is 23.4 Å².